The standard InChI is InChI=1S/C14H8Br2N2O3/c15-8-2-3-9(16)11(6-8)18-14-17-10-4-1-7(13(19)20)5-12(10)21-14/h1-6H,(H,17,18)(H,19,20). The van der Waals surface area contributed by atoms with E-state index in [1.165, 1.54) is 12.1 Å². The summed E-state index contributed by atoms with van der Waals surface area (Å²) in [5.74, 6) is -1.00. The van der Waals surface area contributed by atoms with Crippen LogP contribution in [0.2, 0.25) is 0 Å². The first-order chi connectivity index (χ1) is 10.0. The summed E-state index contributed by atoms with van der Waals surface area (Å²) in [6.07, 6.45) is 0. The molecule has 2 aromatic carbocycles. The van der Waals surface area contributed by atoms with E-state index in [9.17, 15) is 4.79 Å². The number of carboxylic acids is 1. The highest BCUT2D eigenvalue weighted by atomic mass is 79.9. The summed E-state index contributed by atoms with van der Waals surface area (Å²) in [5.41, 5.74) is 1.96. The third kappa shape index (κ3) is 2.93. The normalized spacial score (nSPS) is 10.8. The monoisotopic (exact) mass is 410 g/mol. The number of hydrogen-bond acceptors (Lipinski definition) is 4. The van der Waals surface area contributed by atoms with Crippen LogP contribution in [-0.2, 0) is 0 Å². The molecule has 0 amide bonds. The van der Waals surface area contributed by atoms with E-state index >= 15 is 0 Å². The topological polar surface area (TPSA) is 75.4 Å². The fourth-order valence-corrected chi connectivity index (χ4v) is 2.53. The lowest BCUT2D eigenvalue weighted by molar-refractivity contribution is 0.0697. The number of aromatic carboxylic acids is 1. The quantitative estimate of drug-likeness (QED) is 0.647. The van der Waals surface area contributed by atoms with Crippen LogP contribution in [0.15, 0.2) is 49.8 Å². The Morgan fingerprint density at radius 3 is 2.76 bits per heavy atom. The van der Waals surface area contributed by atoms with Crippen molar-refractivity contribution in [1.29, 1.82) is 0 Å². The van der Waals surface area contributed by atoms with Crippen LogP contribution >= 0.6 is 31.9 Å². The van der Waals surface area contributed by atoms with Crippen molar-refractivity contribution < 1.29 is 14.3 Å². The molecule has 1 aromatic heterocycles. The molecule has 5 nitrogen and oxygen atoms in total. The number of aromatic nitrogens is 1. The second kappa shape index (κ2) is 5.50. The van der Waals surface area contributed by atoms with Gasteiger partial charge in [0.1, 0.15) is 5.52 Å². The van der Waals surface area contributed by atoms with E-state index in [2.05, 4.69) is 42.2 Å². The van der Waals surface area contributed by atoms with Crippen molar-refractivity contribution in [3.05, 3.63) is 50.9 Å². The Kier molecular flexibility index (Phi) is 3.69. The van der Waals surface area contributed by atoms with Gasteiger partial charge in [-0.1, -0.05) is 15.9 Å². The predicted molar refractivity (Wildman–Crippen MR) is 86.1 cm³/mol. The van der Waals surface area contributed by atoms with Crippen molar-refractivity contribution in [1.82, 2.24) is 4.98 Å². The number of fused-ring (bicyclic) bond motifs is 1. The molecule has 0 radical (unpaired) electrons. The number of carbonyl (C=O) groups is 1. The Bertz CT molecular complexity index is 845. The van der Waals surface area contributed by atoms with Gasteiger partial charge in [0.05, 0.1) is 11.3 Å². The third-order valence-corrected chi connectivity index (χ3v) is 3.99. The van der Waals surface area contributed by atoms with E-state index in [1.54, 1.807) is 6.07 Å². The lowest BCUT2D eigenvalue weighted by atomic mass is 10.2. The Hall–Kier alpha value is -1.86. The van der Waals surface area contributed by atoms with Crippen LogP contribution in [0.4, 0.5) is 11.7 Å². The zero-order chi connectivity index (χ0) is 15.0. The molecular weight excluding hydrogens is 404 g/mol. The lowest BCUT2D eigenvalue weighted by Crippen LogP contribution is -1.94. The minimum atomic E-state index is -1.00. The Morgan fingerprint density at radius 1 is 1.19 bits per heavy atom. The molecule has 0 saturated carbocycles. The fraction of sp³-hybridized carbons (Fsp3) is 0. The van der Waals surface area contributed by atoms with Crippen LogP contribution in [0.1, 0.15) is 10.4 Å². The summed E-state index contributed by atoms with van der Waals surface area (Å²) >= 11 is 6.82. The summed E-state index contributed by atoms with van der Waals surface area (Å²) in [7, 11) is 0. The molecule has 0 unspecified atom stereocenters. The van der Waals surface area contributed by atoms with E-state index in [-0.39, 0.29) is 5.56 Å². The smallest absolute Gasteiger partial charge is 0.335 e. The van der Waals surface area contributed by atoms with E-state index in [0.717, 1.165) is 14.6 Å². The van der Waals surface area contributed by atoms with Gasteiger partial charge in [0.2, 0.25) is 0 Å². The van der Waals surface area contributed by atoms with Gasteiger partial charge in [-0.25, -0.2) is 4.79 Å². The van der Waals surface area contributed by atoms with E-state index < -0.39 is 5.97 Å². The first kappa shape index (κ1) is 14.1. The zero-order valence-corrected chi connectivity index (χ0v) is 13.6. The Balaban J connectivity index is 1.97. The molecule has 0 atom stereocenters. The number of nitrogens with zero attached hydrogens (tertiary/aromatic N) is 1. The van der Waals surface area contributed by atoms with Crippen molar-refractivity contribution in [2.24, 2.45) is 0 Å². The second-order valence-corrected chi connectivity index (χ2v) is 6.03. The summed E-state index contributed by atoms with van der Waals surface area (Å²) < 4.78 is 7.31. The zero-order valence-electron chi connectivity index (χ0n) is 10.4. The number of rotatable bonds is 3. The van der Waals surface area contributed by atoms with Crippen molar-refractivity contribution in [3.63, 3.8) is 0 Å². The number of halogens is 2. The number of carboxylic acid groups (broad SMARTS) is 1. The molecule has 0 aliphatic heterocycles. The van der Waals surface area contributed by atoms with Crippen molar-refractivity contribution >= 4 is 60.6 Å². The molecule has 0 bridgehead atoms. The molecule has 0 saturated heterocycles. The van der Waals surface area contributed by atoms with Gasteiger partial charge in [-0.15, -0.1) is 0 Å². The van der Waals surface area contributed by atoms with Gasteiger partial charge in [-0.2, -0.15) is 4.98 Å². The average molecular weight is 412 g/mol. The molecule has 1 heterocycles. The lowest BCUT2D eigenvalue weighted by Gasteiger charge is -2.04. The number of oxazole rings is 1. The molecule has 7 heteroatoms. The molecule has 106 valence electrons. The van der Waals surface area contributed by atoms with Crippen LogP contribution in [0.5, 0.6) is 0 Å². The molecule has 0 aliphatic rings. The molecule has 0 aliphatic carbocycles. The van der Waals surface area contributed by atoms with Crippen molar-refractivity contribution in [2.75, 3.05) is 5.32 Å². The predicted octanol–water partition coefficient (Wildman–Crippen LogP) is 4.79. The van der Waals surface area contributed by atoms with Crippen LogP contribution < -0.4 is 5.32 Å². The summed E-state index contributed by atoms with van der Waals surface area (Å²) in [4.78, 5) is 15.2. The van der Waals surface area contributed by atoms with Crippen LogP contribution in [0, 0.1) is 0 Å². The number of benzene rings is 2. The maximum absolute atomic E-state index is 10.9. The molecule has 21 heavy (non-hydrogen) atoms. The molecule has 2 N–H and O–H groups in total. The maximum atomic E-state index is 10.9. The maximum Gasteiger partial charge on any atom is 0.335 e. The second-order valence-electron chi connectivity index (χ2n) is 4.26. The summed E-state index contributed by atoms with van der Waals surface area (Å²) in [6.45, 7) is 0. The van der Waals surface area contributed by atoms with Gasteiger partial charge < -0.3 is 14.8 Å². The minimum absolute atomic E-state index is 0.161. The molecule has 3 rings (SSSR count). The summed E-state index contributed by atoms with van der Waals surface area (Å²) in [5, 5.41) is 12.0. The van der Waals surface area contributed by atoms with Crippen LogP contribution in [-0.4, -0.2) is 16.1 Å². The third-order valence-electron chi connectivity index (χ3n) is 2.81. The largest absolute Gasteiger partial charge is 0.478 e. The van der Waals surface area contributed by atoms with E-state index in [4.69, 9.17) is 9.52 Å². The van der Waals surface area contributed by atoms with Gasteiger partial charge in [-0.3, -0.25) is 0 Å². The number of nitrogens with one attached hydrogen (secondary N) is 1. The highest BCUT2D eigenvalue weighted by Crippen LogP contribution is 2.30. The minimum Gasteiger partial charge on any atom is -0.478 e. The Morgan fingerprint density at radius 2 is 2.00 bits per heavy atom. The molecule has 0 fully saturated rings. The Labute approximate surface area is 136 Å². The van der Waals surface area contributed by atoms with E-state index in [1.807, 2.05) is 18.2 Å². The van der Waals surface area contributed by atoms with Gasteiger partial charge in [0, 0.05) is 8.95 Å². The van der Waals surface area contributed by atoms with E-state index in [0.29, 0.717) is 17.1 Å². The summed E-state index contributed by atoms with van der Waals surface area (Å²) in [6, 6.07) is 10.5. The molecule has 3 aromatic rings. The molecule has 0 spiro atoms. The number of hydrogen-bond donors (Lipinski definition) is 2. The first-order valence-electron chi connectivity index (χ1n) is 5.89. The van der Waals surface area contributed by atoms with Crippen LogP contribution in [0.3, 0.4) is 0 Å². The molecular formula is C14H8Br2N2O3. The highest BCUT2D eigenvalue weighted by molar-refractivity contribution is 9.11. The number of anilines is 2. The fourth-order valence-electron chi connectivity index (χ4n) is 1.82. The van der Waals surface area contributed by atoms with Gasteiger partial charge >= 0.3 is 5.97 Å². The van der Waals surface area contributed by atoms with Gasteiger partial charge in [-0.05, 0) is 52.3 Å². The highest BCUT2D eigenvalue weighted by Gasteiger charge is 2.11. The van der Waals surface area contributed by atoms with Crippen LogP contribution in [0.25, 0.3) is 11.1 Å². The average Bonchev–Trinajstić information content (AvgIpc) is 2.84. The van der Waals surface area contributed by atoms with Gasteiger partial charge in [0.15, 0.2) is 5.58 Å². The first-order valence-corrected chi connectivity index (χ1v) is 7.47. The SMILES string of the molecule is O=C(O)c1ccc2nc(Nc3cc(Br)ccc3Br)oc2c1. The van der Waals surface area contributed by atoms with Crippen molar-refractivity contribution in [3.8, 4) is 0 Å². The van der Waals surface area contributed by atoms with Crippen molar-refractivity contribution in [2.45, 2.75) is 0 Å². The van der Waals surface area contributed by atoms with Gasteiger partial charge in [0.25, 0.3) is 6.01 Å².